The maximum absolute atomic E-state index is 12.5. The molecule has 1 aliphatic heterocycles. The molecule has 120 valence electrons. The average Bonchev–Trinajstić information content (AvgIpc) is 3.26. The van der Waals surface area contributed by atoms with Crippen LogP contribution in [0.25, 0.3) is 0 Å². The number of hydrogen-bond acceptors (Lipinski definition) is 5. The number of thioether (sulfide) groups is 1. The Labute approximate surface area is 143 Å². The Hall–Kier alpha value is -1.86. The fraction of sp³-hybridized carbons (Fsp3) is 0.312. The minimum atomic E-state index is -0.400. The van der Waals surface area contributed by atoms with Gasteiger partial charge in [-0.3, -0.25) is 9.59 Å². The Morgan fingerprint density at radius 1 is 1.30 bits per heavy atom. The molecule has 1 aromatic heterocycles. The number of amides is 2. The first kappa shape index (κ1) is 16.0. The van der Waals surface area contributed by atoms with Gasteiger partial charge in [-0.2, -0.15) is 0 Å². The Kier molecular flexibility index (Phi) is 5.30. The molecule has 1 unspecified atom stereocenters. The monoisotopic (exact) mass is 347 g/mol. The first-order chi connectivity index (χ1) is 11.3. The number of carbonyl (C=O) groups excluding carboxylic acids is 2. The van der Waals surface area contributed by atoms with Crippen molar-refractivity contribution in [3.8, 4) is 0 Å². The number of thiazole rings is 1. The molecular formula is C16H17N3O2S2. The number of hydrogen-bond donors (Lipinski definition) is 1. The minimum Gasteiger partial charge on any atom is -0.354 e. The van der Waals surface area contributed by atoms with Gasteiger partial charge in [0.05, 0.1) is 17.1 Å². The molecule has 1 aromatic carbocycles. The molecule has 0 radical (unpaired) electrons. The molecule has 1 fully saturated rings. The molecule has 0 saturated carbocycles. The summed E-state index contributed by atoms with van der Waals surface area (Å²) in [7, 11) is 0. The molecule has 3 rings (SSSR count). The van der Waals surface area contributed by atoms with Gasteiger partial charge in [-0.1, -0.05) is 18.2 Å². The Bertz CT molecular complexity index is 661. The summed E-state index contributed by atoms with van der Waals surface area (Å²) in [4.78, 5) is 30.8. The van der Waals surface area contributed by atoms with Crippen molar-refractivity contribution in [1.29, 1.82) is 0 Å². The van der Waals surface area contributed by atoms with Crippen molar-refractivity contribution in [2.75, 3.05) is 18.2 Å². The van der Waals surface area contributed by atoms with Crippen LogP contribution >= 0.6 is 23.1 Å². The fourth-order valence-corrected chi connectivity index (χ4v) is 4.15. The quantitative estimate of drug-likeness (QED) is 0.899. The van der Waals surface area contributed by atoms with Gasteiger partial charge >= 0.3 is 0 Å². The van der Waals surface area contributed by atoms with E-state index in [-0.39, 0.29) is 11.8 Å². The van der Waals surface area contributed by atoms with Crippen LogP contribution in [0.3, 0.4) is 0 Å². The molecular weight excluding hydrogens is 330 g/mol. The van der Waals surface area contributed by atoms with E-state index in [0.29, 0.717) is 30.2 Å². The van der Waals surface area contributed by atoms with E-state index in [1.165, 1.54) is 0 Å². The topological polar surface area (TPSA) is 62.3 Å². The highest BCUT2D eigenvalue weighted by Gasteiger charge is 2.34. The summed E-state index contributed by atoms with van der Waals surface area (Å²) in [5, 5.41) is 4.89. The highest BCUT2D eigenvalue weighted by molar-refractivity contribution is 7.99. The summed E-state index contributed by atoms with van der Waals surface area (Å²) in [5.41, 5.74) is 3.38. The summed E-state index contributed by atoms with van der Waals surface area (Å²) < 4.78 is 0. The van der Waals surface area contributed by atoms with Gasteiger partial charge in [0.1, 0.15) is 6.04 Å². The van der Waals surface area contributed by atoms with E-state index in [9.17, 15) is 9.59 Å². The van der Waals surface area contributed by atoms with E-state index >= 15 is 0 Å². The van der Waals surface area contributed by atoms with Crippen LogP contribution in [0, 0.1) is 0 Å². The number of nitrogens with one attached hydrogen (secondary N) is 1. The molecule has 2 aromatic rings. The first-order valence-corrected chi connectivity index (χ1v) is 9.44. The molecule has 1 atom stereocenters. The standard InChI is InChI=1S/C16H17N3O2S2/c20-15(17-7-6-13-8-22-10-18-13)14-9-23-11-19(14)16(21)12-4-2-1-3-5-12/h1-5,8,10,14H,6-7,9,11H2,(H,17,20). The molecule has 1 aliphatic rings. The third-order valence-electron chi connectivity index (χ3n) is 3.63. The normalized spacial score (nSPS) is 17.2. The van der Waals surface area contributed by atoms with E-state index in [1.807, 2.05) is 23.6 Å². The van der Waals surface area contributed by atoms with Crippen molar-refractivity contribution in [1.82, 2.24) is 15.2 Å². The number of rotatable bonds is 5. The molecule has 5 nitrogen and oxygen atoms in total. The van der Waals surface area contributed by atoms with E-state index in [1.54, 1.807) is 45.6 Å². The second kappa shape index (κ2) is 7.61. The number of aromatic nitrogens is 1. The van der Waals surface area contributed by atoms with Crippen LogP contribution in [-0.2, 0) is 11.2 Å². The lowest BCUT2D eigenvalue weighted by molar-refractivity contribution is -0.124. The molecule has 0 aliphatic carbocycles. The van der Waals surface area contributed by atoms with Gasteiger partial charge < -0.3 is 10.2 Å². The van der Waals surface area contributed by atoms with Crippen molar-refractivity contribution in [3.05, 3.63) is 52.5 Å². The molecule has 0 spiro atoms. The molecule has 23 heavy (non-hydrogen) atoms. The Balaban J connectivity index is 1.57. The van der Waals surface area contributed by atoms with Crippen molar-refractivity contribution in [3.63, 3.8) is 0 Å². The third-order valence-corrected chi connectivity index (χ3v) is 5.28. The van der Waals surface area contributed by atoms with Gasteiger partial charge in [-0.15, -0.1) is 23.1 Å². The Morgan fingerprint density at radius 2 is 2.13 bits per heavy atom. The number of carbonyl (C=O) groups is 2. The lowest BCUT2D eigenvalue weighted by atomic mass is 10.1. The van der Waals surface area contributed by atoms with Crippen LogP contribution in [0.4, 0.5) is 0 Å². The van der Waals surface area contributed by atoms with Crippen molar-refractivity contribution in [2.24, 2.45) is 0 Å². The lowest BCUT2D eigenvalue weighted by Gasteiger charge is -2.23. The molecule has 0 bridgehead atoms. The van der Waals surface area contributed by atoms with Crippen molar-refractivity contribution >= 4 is 34.9 Å². The van der Waals surface area contributed by atoms with Crippen LogP contribution in [0.15, 0.2) is 41.2 Å². The summed E-state index contributed by atoms with van der Waals surface area (Å²) in [5.74, 6) is 1.02. The van der Waals surface area contributed by atoms with Crippen LogP contribution in [0.2, 0.25) is 0 Å². The Morgan fingerprint density at radius 3 is 2.87 bits per heavy atom. The highest BCUT2D eigenvalue weighted by Crippen LogP contribution is 2.23. The summed E-state index contributed by atoms with van der Waals surface area (Å²) >= 11 is 3.15. The second-order valence-corrected chi connectivity index (χ2v) is 6.90. The second-order valence-electron chi connectivity index (χ2n) is 5.18. The molecule has 1 N–H and O–H groups in total. The SMILES string of the molecule is O=C(NCCc1cscn1)C1CSCN1C(=O)c1ccccc1. The zero-order valence-corrected chi connectivity index (χ0v) is 14.1. The maximum atomic E-state index is 12.5. The largest absolute Gasteiger partial charge is 0.354 e. The van der Waals surface area contributed by atoms with E-state index in [0.717, 1.165) is 5.69 Å². The van der Waals surface area contributed by atoms with Crippen LogP contribution in [0.5, 0.6) is 0 Å². The van der Waals surface area contributed by atoms with E-state index < -0.39 is 6.04 Å². The maximum Gasteiger partial charge on any atom is 0.255 e. The van der Waals surface area contributed by atoms with Gasteiger partial charge in [0, 0.05) is 29.7 Å². The fourth-order valence-electron chi connectivity index (χ4n) is 2.40. The summed E-state index contributed by atoms with van der Waals surface area (Å²) in [6.07, 6.45) is 0.710. The van der Waals surface area contributed by atoms with Gasteiger partial charge in [-0.25, -0.2) is 4.98 Å². The molecule has 2 heterocycles. The van der Waals surface area contributed by atoms with Gasteiger partial charge in [0.15, 0.2) is 0 Å². The van der Waals surface area contributed by atoms with E-state index in [2.05, 4.69) is 10.3 Å². The molecule has 7 heteroatoms. The summed E-state index contributed by atoms with van der Waals surface area (Å²) in [6, 6.07) is 8.70. The van der Waals surface area contributed by atoms with Crippen LogP contribution < -0.4 is 5.32 Å². The van der Waals surface area contributed by atoms with Crippen molar-refractivity contribution < 1.29 is 9.59 Å². The number of nitrogens with zero attached hydrogens (tertiary/aromatic N) is 2. The van der Waals surface area contributed by atoms with Crippen LogP contribution in [-0.4, -0.2) is 45.9 Å². The van der Waals surface area contributed by atoms with Crippen LogP contribution in [0.1, 0.15) is 16.1 Å². The molecule has 2 amide bonds. The van der Waals surface area contributed by atoms with Gasteiger partial charge in [0.2, 0.25) is 5.91 Å². The lowest BCUT2D eigenvalue weighted by Crippen LogP contribution is -2.47. The van der Waals surface area contributed by atoms with Gasteiger partial charge in [-0.05, 0) is 12.1 Å². The summed E-state index contributed by atoms with van der Waals surface area (Å²) in [6.45, 7) is 0.539. The van der Waals surface area contributed by atoms with E-state index in [4.69, 9.17) is 0 Å². The zero-order valence-electron chi connectivity index (χ0n) is 12.5. The number of benzene rings is 1. The average molecular weight is 347 g/mol. The third kappa shape index (κ3) is 3.92. The first-order valence-electron chi connectivity index (χ1n) is 7.34. The smallest absolute Gasteiger partial charge is 0.255 e. The minimum absolute atomic E-state index is 0.0877. The van der Waals surface area contributed by atoms with Crippen molar-refractivity contribution in [2.45, 2.75) is 12.5 Å². The molecule has 1 saturated heterocycles. The predicted molar refractivity (Wildman–Crippen MR) is 92.6 cm³/mol. The highest BCUT2D eigenvalue weighted by atomic mass is 32.2. The zero-order chi connectivity index (χ0) is 16.1. The van der Waals surface area contributed by atoms with Gasteiger partial charge in [0.25, 0.3) is 5.91 Å². The predicted octanol–water partition coefficient (Wildman–Crippen LogP) is 2.02.